The third kappa shape index (κ3) is 3.40. The number of thiazole rings is 1. The lowest BCUT2D eigenvalue weighted by Crippen LogP contribution is -2.22. The van der Waals surface area contributed by atoms with Gasteiger partial charge in [-0.1, -0.05) is 24.3 Å². The Hall–Kier alpha value is -1.19. The van der Waals surface area contributed by atoms with Crippen LogP contribution in [-0.2, 0) is 6.42 Å². The summed E-state index contributed by atoms with van der Waals surface area (Å²) < 4.78 is 0. The molecule has 18 heavy (non-hydrogen) atoms. The molecule has 2 aromatic rings. The van der Waals surface area contributed by atoms with E-state index in [0.29, 0.717) is 6.04 Å². The van der Waals surface area contributed by atoms with Crippen LogP contribution in [0.1, 0.15) is 34.8 Å². The largest absolute Gasteiger partial charge is 0.310 e. The highest BCUT2D eigenvalue weighted by molar-refractivity contribution is 7.09. The van der Waals surface area contributed by atoms with Crippen molar-refractivity contribution < 1.29 is 0 Å². The summed E-state index contributed by atoms with van der Waals surface area (Å²) in [6.45, 7) is 7.40. The summed E-state index contributed by atoms with van der Waals surface area (Å²) in [4.78, 5) is 4.48. The summed E-state index contributed by atoms with van der Waals surface area (Å²) in [5.41, 5.74) is 3.93. The van der Waals surface area contributed by atoms with Crippen LogP contribution < -0.4 is 5.32 Å². The molecule has 1 atom stereocenters. The molecule has 0 saturated heterocycles. The molecular formula is C15H20N2S. The van der Waals surface area contributed by atoms with E-state index in [-0.39, 0.29) is 0 Å². The maximum Gasteiger partial charge on any atom is 0.0897 e. The molecule has 3 heteroatoms. The van der Waals surface area contributed by atoms with E-state index in [1.165, 1.54) is 16.8 Å². The van der Waals surface area contributed by atoms with Gasteiger partial charge in [0.05, 0.1) is 10.7 Å². The zero-order valence-electron chi connectivity index (χ0n) is 11.2. The second-order valence-corrected chi connectivity index (χ2v) is 5.70. The number of hydrogen-bond acceptors (Lipinski definition) is 3. The summed E-state index contributed by atoms with van der Waals surface area (Å²) in [6.07, 6.45) is 1.00. The van der Waals surface area contributed by atoms with Gasteiger partial charge in [-0.05, 0) is 31.9 Å². The smallest absolute Gasteiger partial charge is 0.0897 e. The van der Waals surface area contributed by atoms with Crippen LogP contribution in [0, 0.1) is 13.8 Å². The monoisotopic (exact) mass is 260 g/mol. The van der Waals surface area contributed by atoms with Crippen LogP contribution in [0.4, 0.5) is 0 Å². The third-order valence-electron chi connectivity index (χ3n) is 3.15. The molecule has 0 amide bonds. The molecule has 96 valence electrons. The van der Waals surface area contributed by atoms with E-state index >= 15 is 0 Å². The van der Waals surface area contributed by atoms with Crippen LogP contribution in [0.25, 0.3) is 0 Å². The predicted octanol–water partition coefficient (Wildman–Crippen LogP) is 3.65. The Balaban J connectivity index is 1.85. The molecular weight excluding hydrogens is 240 g/mol. The maximum atomic E-state index is 4.48. The predicted molar refractivity (Wildman–Crippen MR) is 78.2 cm³/mol. The molecule has 0 saturated carbocycles. The normalized spacial score (nSPS) is 12.6. The first-order valence-corrected chi connectivity index (χ1v) is 7.24. The van der Waals surface area contributed by atoms with Crippen molar-refractivity contribution in [3.63, 3.8) is 0 Å². The van der Waals surface area contributed by atoms with E-state index in [1.54, 1.807) is 11.3 Å². The first-order chi connectivity index (χ1) is 8.66. The fourth-order valence-corrected chi connectivity index (χ4v) is 2.77. The first kappa shape index (κ1) is 13.2. The SMILES string of the molecule is Cc1nc(CCNC(C)c2ccccc2C)cs1. The van der Waals surface area contributed by atoms with Crippen molar-refractivity contribution in [1.82, 2.24) is 10.3 Å². The van der Waals surface area contributed by atoms with Crippen LogP contribution in [-0.4, -0.2) is 11.5 Å². The topological polar surface area (TPSA) is 24.9 Å². The van der Waals surface area contributed by atoms with Crippen LogP contribution in [0.3, 0.4) is 0 Å². The van der Waals surface area contributed by atoms with Crippen molar-refractivity contribution in [2.75, 3.05) is 6.54 Å². The molecule has 0 aliphatic heterocycles. The van der Waals surface area contributed by atoms with Crippen molar-refractivity contribution >= 4 is 11.3 Å². The number of hydrogen-bond donors (Lipinski definition) is 1. The van der Waals surface area contributed by atoms with Gasteiger partial charge in [-0.25, -0.2) is 4.98 Å². The molecule has 1 N–H and O–H groups in total. The number of aryl methyl sites for hydroxylation is 2. The van der Waals surface area contributed by atoms with Crippen molar-refractivity contribution in [3.05, 3.63) is 51.5 Å². The molecule has 0 bridgehead atoms. The highest BCUT2D eigenvalue weighted by Gasteiger charge is 2.07. The van der Waals surface area contributed by atoms with Gasteiger partial charge in [0, 0.05) is 24.4 Å². The Labute approximate surface area is 113 Å². The number of rotatable bonds is 5. The van der Waals surface area contributed by atoms with E-state index < -0.39 is 0 Å². The number of nitrogens with zero attached hydrogens (tertiary/aromatic N) is 1. The Kier molecular flexibility index (Phi) is 4.50. The zero-order chi connectivity index (χ0) is 13.0. The molecule has 0 aliphatic rings. The molecule has 0 spiro atoms. The summed E-state index contributed by atoms with van der Waals surface area (Å²) in [7, 11) is 0. The second-order valence-electron chi connectivity index (χ2n) is 4.64. The molecule has 0 radical (unpaired) electrons. The summed E-state index contributed by atoms with van der Waals surface area (Å²) >= 11 is 1.72. The average molecular weight is 260 g/mol. The molecule has 1 aromatic heterocycles. The van der Waals surface area contributed by atoms with Crippen LogP contribution in [0.15, 0.2) is 29.6 Å². The average Bonchev–Trinajstić information content (AvgIpc) is 2.75. The molecule has 1 aromatic carbocycles. The van der Waals surface area contributed by atoms with E-state index in [4.69, 9.17) is 0 Å². The van der Waals surface area contributed by atoms with Gasteiger partial charge < -0.3 is 5.32 Å². The Morgan fingerprint density at radius 2 is 2.06 bits per heavy atom. The summed E-state index contributed by atoms with van der Waals surface area (Å²) in [5, 5.41) is 6.86. The zero-order valence-corrected chi connectivity index (χ0v) is 12.1. The van der Waals surface area contributed by atoms with Crippen LogP contribution in [0.5, 0.6) is 0 Å². The number of nitrogens with one attached hydrogen (secondary N) is 1. The minimum Gasteiger partial charge on any atom is -0.310 e. The summed E-state index contributed by atoms with van der Waals surface area (Å²) in [6, 6.07) is 8.94. The Bertz CT molecular complexity index is 505. The Morgan fingerprint density at radius 3 is 2.72 bits per heavy atom. The summed E-state index contributed by atoms with van der Waals surface area (Å²) in [5.74, 6) is 0. The molecule has 0 aliphatic carbocycles. The van der Waals surface area contributed by atoms with Gasteiger partial charge in [0.1, 0.15) is 0 Å². The van der Waals surface area contributed by atoms with Gasteiger partial charge in [-0.2, -0.15) is 0 Å². The van der Waals surface area contributed by atoms with Crippen LogP contribution in [0.2, 0.25) is 0 Å². The van der Waals surface area contributed by atoms with Gasteiger partial charge in [0.25, 0.3) is 0 Å². The van der Waals surface area contributed by atoms with Crippen molar-refractivity contribution in [1.29, 1.82) is 0 Å². The third-order valence-corrected chi connectivity index (χ3v) is 3.98. The maximum absolute atomic E-state index is 4.48. The van der Waals surface area contributed by atoms with Gasteiger partial charge in [0.15, 0.2) is 0 Å². The standard InChI is InChI=1S/C15H20N2S/c1-11-6-4-5-7-15(11)12(2)16-9-8-14-10-18-13(3)17-14/h4-7,10,12,16H,8-9H2,1-3H3. The van der Waals surface area contributed by atoms with E-state index in [9.17, 15) is 0 Å². The van der Waals surface area contributed by atoms with Crippen molar-refractivity contribution in [2.45, 2.75) is 33.2 Å². The van der Waals surface area contributed by atoms with Crippen molar-refractivity contribution in [3.8, 4) is 0 Å². The highest BCUT2D eigenvalue weighted by atomic mass is 32.1. The molecule has 1 unspecified atom stereocenters. The van der Waals surface area contributed by atoms with Gasteiger partial charge in [0.2, 0.25) is 0 Å². The minimum atomic E-state index is 0.394. The quantitative estimate of drug-likeness (QED) is 0.887. The fraction of sp³-hybridized carbons (Fsp3) is 0.400. The number of benzene rings is 1. The minimum absolute atomic E-state index is 0.394. The lowest BCUT2D eigenvalue weighted by Gasteiger charge is -2.16. The lowest BCUT2D eigenvalue weighted by molar-refractivity contribution is 0.572. The molecule has 2 rings (SSSR count). The number of aromatic nitrogens is 1. The molecule has 1 heterocycles. The van der Waals surface area contributed by atoms with E-state index in [0.717, 1.165) is 18.0 Å². The highest BCUT2D eigenvalue weighted by Crippen LogP contribution is 2.16. The van der Waals surface area contributed by atoms with Crippen molar-refractivity contribution in [2.24, 2.45) is 0 Å². The fourth-order valence-electron chi connectivity index (χ4n) is 2.12. The molecule has 2 nitrogen and oxygen atoms in total. The van der Waals surface area contributed by atoms with E-state index in [1.807, 2.05) is 0 Å². The van der Waals surface area contributed by atoms with Gasteiger partial charge in [-0.15, -0.1) is 11.3 Å². The first-order valence-electron chi connectivity index (χ1n) is 6.36. The Morgan fingerprint density at radius 1 is 1.28 bits per heavy atom. The van der Waals surface area contributed by atoms with E-state index in [2.05, 4.69) is 60.7 Å². The van der Waals surface area contributed by atoms with Gasteiger partial charge in [-0.3, -0.25) is 0 Å². The van der Waals surface area contributed by atoms with Crippen LogP contribution >= 0.6 is 11.3 Å². The second kappa shape index (κ2) is 6.12. The van der Waals surface area contributed by atoms with Gasteiger partial charge >= 0.3 is 0 Å². The molecule has 0 fully saturated rings. The lowest BCUT2D eigenvalue weighted by atomic mass is 10.0.